The van der Waals surface area contributed by atoms with E-state index in [0.717, 1.165) is 66.3 Å². The summed E-state index contributed by atoms with van der Waals surface area (Å²) in [6, 6.07) is 58.5. The van der Waals surface area contributed by atoms with Crippen LogP contribution in [0.2, 0.25) is 0 Å². The average Bonchev–Trinajstić information content (AvgIpc) is 3.73. The maximum absolute atomic E-state index is 6.76. The molecule has 0 atom stereocenters. The summed E-state index contributed by atoms with van der Waals surface area (Å²) in [5, 5.41) is 4.38. The summed E-state index contributed by atoms with van der Waals surface area (Å²) in [4.78, 5) is 15.1. The number of fused-ring (bicyclic) bond motifs is 6. The third-order valence-electron chi connectivity index (χ3n) is 9.46. The Morgan fingerprint density at radius 2 is 0.940 bits per heavy atom. The smallest absolute Gasteiger partial charge is 0.167 e. The second-order valence-electron chi connectivity index (χ2n) is 12.5. The van der Waals surface area contributed by atoms with Gasteiger partial charge >= 0.3 is 0 Å². The molecule has 10 aromatic rings. The fourth-order valence-electron chi connectivity index (χ4n) is 7.07. The summed E-state index contributed by atoms with van der Waals surface area (Å²) in [5.41, 5.74) is 9.95. The Kier molecular flexibility index (Phi) is 6.42. The van der Waals surface area contributed by atoms with Crippen molar-refractivity contribution in [3.8, 4) is 51.0 Å². The minimum atomic E-state index is 0.564. The molecule has 50 heavy (non-hydrogen) atoms. The van der Waals surface area contributed by atoms with E-state index in [1.165, 1.54) is 10.9 Å². The Bertz CT molecular complexity index is 2840. The molecule has 3 aromatic heterocycles. The molecule has 0 bridgehead atoms. The number of furan rings is 1. The summed E-state index contributed by atoms with van der Waals surface area (Å²) in [7, 11) is 0. The molecule has 0 spiro atoms. The lowest BCUT2D eigenvalue weighted by molar-refractivity contribution is 0.670. The van der Waals surface area contributed by atoms with E-state index in [0.29, 0.717) is 17.5 Å². The highest BCUT2D eigenvalue weighted by atomic mass is 16.3. The lowest BCUT2D eigenvalue weighted by Gasteiger charge is -2.09. The summed E-state index contributed by atoms with van der Waals surface area (Å²) in [6.07, 6.45) is 0. The number of benzene rings is 7. The molecule has 0 radical (unpaired) electrons. The molecule has 0 aliphatic rings. The van der Waals surface area contributed by atoms with E-state index in [9.17, 15) is 0 Å². The first-order chi connectivity index (χ1) is 24.8. The first-order valence-electron chi connectivity index (χ1n) is 16.7. The van der Waals surface area contributed by atoms with E-state index < -0.39 is 0 Å². The van der Waals surface area contributed by atoms with Gasteiger partial charge in [-0.1, -0.05) is 133 Å². The molecule has 3 heterocycles. The molecule has 0 saturated carbocycles. The normalized spacial score (nSPS) is 11.6. The van der Waals surface area contributed by atoms with Crippen LogP contribution in [0.3, 0.4) is 0 Å². The van der Waals surface area contributed by atoms with Gasteiger partial charge in [0.1, 0.15) is 11.2 Å². The largest absolute Gasteiger partial charge is 0.455 e. The molecule has 0 unspecified atom stereocenters. The van der Waals surface area contributed by atoms with Gasteiger partial charge < -0.3 is 8.98 Å². The van der Waals surface area contributed by atoms with Gasteiger partial charge in [0.2, 0.25) is 0 Å². The van der Waals surface area contributed by atoms with Gasteiger partial charge in [0.25, 0.3) is 0 Å². The zero-order chi connectivity index (χ0) is 33.0. The summed E-state index contributed by atoms with van der Waals surface area (Å²) >= 11 is 0. The van der Waals surface area contributed by atoms with E-state index in [1.54, 1.807) is 0 Å². The van der Waals surface area contributed by atoms with Gasteiger partial charge in [0.15, 0.2) is 17.5 Å². The first kappa shape index (κ1) is 28.2. The van der Waals surface area contributed by atoms with Crippen LogP contribution in [-0.2, 0) is 0 Å². The number of hydrogen-bond donors (Lipinski definition) is 0. The Morgan fingerprint density at radius 1 is 0.380 bits per heavy atom. The van der Waals surface area contributed by atoms with E-state index in [1.807, 2.05) is 42.5 Å². The van der Waals surface area contributed by atoms with Gasteiger partial charge in [-0.05, 0) is 47.5 Å². The SMILES string of the molecule is c1ccc(-c2ccc(-c3nc(-c4ccccc4)nc(-c4cccc5c4oc4cc6c7ccccc7n(-c7ccccc7)c6cc45)n3)cc2)cc1. The second-order valence-corrected chi connectivity index (χ2v) is 12.5. The Labute approximate surface area is 287 Å². The van der Waals surface area contributed by atoms with Crippen LogP contribution in [0.25, 0.3) is 94.7 Å². The van der Waals surface area contributed by atoms with Crippen LogP contribution in [0.5, 0.6) is 0 Å². The highest BCUT2D eigenvalue weighted by Gasteiger charge is 2.20. The summed E-state index contributed by atoms with van der Waals surface area (Å²) in [6.45, 7) is 0. The molecule has 234 valence electrons. The van der Waals surface area contributed by atoms with Crippen molar-refractivity contribution in [3.05, 3.63) is 170 Å². The minimum Gasteiger partial charge on any atom is -0.455 e. The predicted molar refractivity (Wildman–Crippen MR) is 203 cm³/mol. The van der Waals surface area contributed by atoms with Gasteiger partial charge in [-0.2, -0.15) is 0 Å². The number of para-hydroxylation sites is 3. The molecule has 5 nitrogen and oxygen atoms in total. The summed E-state index contributed by atoms with van der Waals surface area (Å²) < 4.78 is 9.09. The number of aromatic nitrogens is 4. The molecule has 0 amide bonds. The molecule has 0 fully saturated rings. The van der Waals surface area contributed by atoms with Crippen molar-refractivity contribution < 1.29 is 4.42 Å². The lowest BCUT2D eigenvalue weighted by atomic mass is 10.0. The van der Waals surface area contributed by atoms with Crippen molar-refractivity contribution in [2.24, 2.45) is 0 Å². The van der Waals surface area contributed by atoms with Gasteiger partial charge in [-0.15, -0.1) is 0 Å². The second kappa shape index (κ2) is 11.4. The van der Waals surface area contributed by atoms with Gasteiger partial charge in [0, 0.05) is 38.4 Å². The van der Waals surface area contributed by atoms with E-state index in [-0.39, 0.29) is 0 Å². The molecule has 0 aliphatic heterocycles. The highest BCUT2D eigenvalue weighted by Crippen LogP contribution is 2.40. The van der Waals surface area contributed by atoms with Gasteiger partial charge in [-0.3, -0.25) is 0 Å². The lowest BCUT2D eigenvalue weighted by Crippen LogP contribution is -2.00. The molecule has 0 saturated heterocycles. The zero-order valence-corrected chi connectivity index (χ0v) is 26.9. The van der Waals surface area contributed by atoms with E-state index in [4.69, 9.17) is 19.4 Å². The van der Waals surface area contributed by atoms with Crippen molar-refractivity contribution in [1.82, 2.24) is 19.5 Å². The fourth-order valence-corrected chi connectivity index (χ4v) is 7.07. The average molecular weight is 641 g/mol. The van der Waals surface area contributed by atoms with Crippen molar-refractivity contribution in [2.45, 2.75) is 0 Å². The van der Waals surface area contributed by atoms with Crippen LogP contribution in [-0.4, -0.2) is 19.5 Å². The zero-order valence-electron chi connectivity index (χ0n) is 26.9. The molecule has 10 rings (SSSR count). The highest BCUT2D eigenvalue weighted by molar-refractivity contribution is 6.18. The molecule has 5 heteroatoms. The molecule has 0 N–H and O–H groups in total. The van der Waals surface area contributed by atoms with Crippen molar-refractivity contribution >= 4 is 43.7 Å². The third-order valence-corrected chi connectivity index (χ3v) is 9.46. The van der Waals surface area contributed by atoms with Crippen molar-refractivity contribution in [1.29, 1.82) is 0 Å². The number of hydrogen-bond acceptors (Lipinski definition) is 4. The first-order valence-corrected chi connectivity index (χ1v) is 16.7. The Morgan fingerprint density at radius 3 is 1.68 bits per heavy atom. The van der Waals surface area contributed by atoms with Crippen molar-refractivity contribution in [2.75, 3.05) is 0 Å². The maximum atomic E-state index is 6.76. The summed E-state index contributed by atoms with van der Waals surface area (Å²) in [5.74, 6) is 1.78. The third kappa shape index (κ3) is 4.60. The Hall–Kier alpha value is -6.85. The molecular weight excluding hydrogens is 613 g/mol. The van der Waals surface area contributed by atoms with Crippen LogP contribution in [0, 0.1) is 0 Å². The van der Waals surface area contributed by atoms with Crippen LogP contribution in [0.4, 0.5) is 0 Å². The maximum Gasteiger partial charge on any atom is 0.167 e. The number of rotatable bonds is 5. The monoisotopic (exact) mass is 640 g/mol. The quantitative estimate of drug-likeness (QED) is 0.188. The number of nitrogens with zero attached hydrogens (tertiary/aromatic N) is 4. The van der Waals surface area contributed by atoms with Gasteiger partial charge in [0.05, 0.1) is 16.6 Å². The van der Waals surface area contributed by atoms with Crippen molar-refractivity contribution in [3.63, 3.8) is 0 Å². The molecule has 7 aromatic carbocycles. The van der Waals surface area contributed by atoms with Crippen LogP contribution >= 0.6 is 0 Å². The van der Waals surface area contributed by atoms with Crippen LogP contribution in [0.15, 0.2) is 174 Å². The predicted octanol–water partition coefficient (Wildman–Crippen LogP) is 11.5. The topological polar surface area (TPSA) is 56.7 Å². The van der Waals surface area contributed by atoms with Gasteiger partial charge in [-0.25, -0.2) is 15.0 Å². The van der Waals surface area contributed by atoms with E-state index >= 15 is 0 Å². The van der Waals surface area contributed by atoms with E-state index in [2.05, 4.69) is 132 Å². The minimum absolute atomic E-state index is 0.564. The Balaban J connectivity index is 1.17. The van der Waals surface area contributed by atoms with Crippen LogP contribution < -0.4 is 0 Å². The standard InChI is InChI=1S/C45H28N4O/c1-4-13-29(14-5-1)30-23-25-32(26-24-30)44-46-43(31-15-6-2-7-16-31)47-45(48-44)36-21-12-20-35-38-27-40-37(28-41(38)50-42(35)36)34-19-10-11-22-39(34)49(40)33-17-8-3-9-18-33/h1-28H. The van der Waals surface area contributed by atoms with Crippen LogP contribution in [0.1, 0.15) is 0 Å². The molecule has 0 aliphatic carbocycles. The molecular formula is C45H28N4O. The fraction of sp³-hybridized carbons (Fsp3) is 0.